The van der Waals surface area contributed by atoms with Crippen molar-refractivity contribution in [2.75, 3.05) is 38.5 Å². The van der Waals surface area contributed by atoms with Crippen molar-refractivity contribution >= 4 is 17.7 Å². The Labute approximate surface area is 111 Å². The number of nitrogens with one attached hydrogen (secondary N) is 1. The Morgan fingerprint density at radius 2 is 1.68 bits per heavy atom. The average molecular weight is 263 g/mol. The molecule has 2 N–H and O–H groups in total. The van der Waals surface area contributed by atoms with E-state index in [1.54, 1.807) is 17.0 Å². The Hall–Kier alpha value is -2.08. The number of anilines is 1. The van der Waals surface area contributed by atoms with Gasteiger partial charge in [0.1, 0.15) is 0 Å². The number of carboxylic acids is 1. The maximum atomic E-state index is 12.0. The predicted octanol–water partition coefficient (Wildman–Crippen LogP) is 1.16. The molecule has 1 aromatic carbocycles. The molecule has 1 saturated heterocycles. The van der Waals surface area contributed by atoms with E-state index in [1.807, 2.05) is 7.05 Å². The van der Waals surface area contributed by atoms with Crippen LogP contribution in [0.25, 0.3) is 0 Å². The lowest BCUT2D eigenvalue weighted by molar-refractivity contribution is 0.0697. The summed E-state index contributed by atoms with van der Waals surface area (Å²) in [6.45, 7) is 3.14. The molecule has 1 aliphatic rings. The van der Waals surface area contributed by atoms with E-state index < -0.39 is 5.97 Å². The summed E-state index contributed by atoms with van der Waals surface area (Å²) in [5.74, 6) is -0.975. The Kier molecular flexibility index (Phi) is 4.01. The second kappa shape index (κ2) is 5.71. The number of hydrogen-bond donors (Lipinski definition) is 2. The summed E-state index contributed by atoms with van der Waals surface area (Å²) in [4.78, 5) is 26.6. The number of aromatic carboxylic acids is 1. The Balaban J connectivity index is 1.93. The maximum Gasteiger partial charge on any atom is 0.335 e. The molecular formula is C13H17N3O3. The molecule has 2 rings (SSSR count). The van der Waals surface area contributed by atoms with E-state index in [2.05, 4.69) is 10.2 Å². The van der Waals surface area contributed by atoms with Crippen LogP contribution >= 0.6 is 0 Å². The zero-order chi connectivity index (χ0) is 13.8. The van der Waals surface area contributed by atoms with Gasteiger partial charge in [0.2, 0.25) is 0 Å². The third-order valence-electron chi connectivity index (χ3n) is 3.17. The molecule has 102 valence electrons. The minimum absolute atomic E-state index is 0.142. The molecule has 6 heteroatoms. The van der Waals surface area contributed by atoms with E-state index >= 15 is 0 Å². The van der Waals surface area contributed by atoms with E-state index in [0.29, 0.717) is 18.8 Å². The van der Waals surface area contributed by atoms with Crippen LogP contribution in [0.4, 0.5) is 10.5 Å². The van der Waals surface area contributed by atoms with Gasteiger partial charge in [0, 0.05) is 31.9 Å². The van der Waals surface area contributed by atoms with E-state index in [-0.39, 0.29) is 11.6 Å². The van der Waals surface area contributed by atoms with Gasteiger partial charge in [-0.25, -0.2) is 9.59 Å². The summed E-state index contributed by atoms with van der Waals surface area (Å²) in [5, 5.41) is 11.6. The van der Waals surface area contributed by atoms with Crippen LogP contribution in [0.1, 0.15) is 10.4 Å². The molecule has 0 radical (unpaired) electrons. The van der Waals surface area contributed by atoms with Crippen LogP contribution in [0.2, 0.25) is 0 Å². The van der Waals surface area contributed by atoms with Gasteiger partial charge >= 0.3 is 12.0 Å². The minimum atomic E-state index is -0.975. The highest BCUT2D eigenvalue weighted by molar-refractivity contribution is 5.91. The lowest BCUT2D eigenvalue weighted by Crippen LogP contribution is -2.48. The van der Waals surface area contributed by atoms with Crippen molar-refractivity contribution < 1.29 is 14.7 Å². The molecule has 2 amide bonds. The number of likely N-dealkylation sites (N-methyl/N-ethyl adjacent to an activating group) is 1. The molecule has 19 heavy (non-hydrogen) atoms. The van der Waals surface area contributed by atoms with Crippen LogP contribution in [0.3, 0.4) is 0 Å². The molecule has 0 aromatic heterocycles. The molecule has 1 aromatic rings. The molecule has 1 heterocycles. The summed E-state index contributed by atoms with van der Waals surface area (Å²) in [5.41, 5.74) is 0.812. The highest BCUT2D eigenvalue weighted by Gasteiger charge is 2.18. The van der Waals surface area contributed by atoms with Crippen molar-refractivity contribution in [2.24, 2.45) is 0 Å². The van der Waals surface area contributed by atoms with Gasteiger partial charge in [0.05, 0.1) is 5.56 Å². The number of benzene rings is 1. The summed E-state index contributed by atoms with van der Waals surface area (Å²) in [6.07, 6.45) is 0. The number of carbonyl (C=O) groups excluding carboxylic acids is 1. The van der Waals surface area contributed by atoms with Crippen molar-refractivity contribution in [3.05, 3.63) is 29.8 Å². The van der Waals surface area contributed by atoms with E-state index in [1.165, 1.54) is 12.1 Å². The van der Waals surface area contributed by atoms with Crippen LogP contribution in [0.5, 0.6) is 0 Å². The molecule has 0 unspecified atom stereocenters. The van der Waals surface area contributed by atoms with Gasteiger partial charge in [0.15, 0.2) is 0 Å². The Bertz CT molecular complexity index is 465. The fraction of sp³-hybridized carbons (Fsp3) is 0.385. The fourth-order valence-corrected chi connectivity index (χ4v) is 1.91. The number of nitrogens with zero attached hydrogens (tertiary/aromatic N) is 2. The first-order valence-electron chi connectivity index (χ1n) is 6.14. The van der Waals surface area contributed by atoms with Gasteiger partial charge in [-0.05, 0) is 31.3 Å². The number of hydrogen-bond acceptors (Lipinski definition) is 3. The lowest BCUT2D eigenvalue weighted by atomic mass is 10.2. The number of carboxylic acid groups (broad SMARTS) is 1. The summed E-state index contributed by atoms with van der Waals surface area (Å²) >= 11 is 0. The van der Waals surface area contributed by atoms with Crippen molar-refractivity contribution in [3.8, 4) is 0 Å². The van der Waals surface area contributed by atoms with Gasteiger partial charge in [-0.15, -0.1) is 0 Å². The van der Waals surface area contributed by atoms with Crippen LogP contribution in [0, 0.1) is 0 Å². The van der Waals surface area contributed by atoms with Gasteiger partial charge in [-0.3, -0.25) is 0 Å². The zero-order valence-corrected chi connectivity index (χ0v) is 10.8. The topological polar surface area (TPSA) is 72.9 Å². The number of urea groups is 1. The molecule has 0 bridgehead atoms. The standard InChI is InChI=1S/C13H17N3O3/c1-15-6-8-16(9-7-15)13(19)14-11-4-2-10(3-5-11)12(17)18/h2-5H,6-9H2,1H3,(H,14,19)(H,17,18). The first-order valence-corrected chi connectivity index (χ1v) is 6.14. The van der Waals surface area contributed by atoms with Crippen LogP contribution < -0.4 is 5.32 Å². The second-order valence-electron chi connectivity index (χ2n) is 4.60. The second-order valence-corrected chi connectivity index (χ2v) is 4.60. The normalized spacial score (nSPS) is 16.2. The highest BCUT2D eigenvalue weighted by Crippen LogP contribution is 2.11. The van der Waals surface area contributed by atoms with E-state index in [0.717, 1.165) is 13.1 Å². The van der Waals surface area contributed by atoms with Crippen LogP contribution in [-0.2, 0) is 0 Å². The third-order valence-corrected chi connectivity index (χ3v) is 3.17. The van der Waals surface area contributed by atoms with Gasteiger partial charge in [0.25, 0.3) is 0 Å². The van der Waals surface area contributed by atoms with Gasteiger partial charge in [-0.2, -0.15) is 0 Å². The molecule has 6 nitrogen and oxygen atoms in total. The van der Waals surface area contributed by atoms with Crippen molar-refractivity contribution in [1.82, 2.24) is 9.80 Å². The molecule has 0 aliphatic carbocycles. The number of amides is 2. The van der Waals surface area contributed by atoms with Crippen LogP contribution in [0.15, 0.2) is 24.3 Å². The SMILES string of the molecule is CN1CCN(C(=O)Nc2ccc(C(=O)O)cc2)CC1. The van der Waals surface area contributed by atoms with Gasteiger partial charge < -0.3 is 20.2 Å². The monoisotopic (exact) mass is 263 g/mol. The first-order chi connectivity index (χ1) is 9.06. The average Bonchev–Trinajstić information content (AvgIpc) is 2.40. The van der Waals surface area contributed by atoms with E-state index in [4.69, 9.17) is 5.11 Å². The van der Waals surface area contributed by atoms with Gasteiger partial charge in [-0.1, -0.05) is 0 Å². The van der Waals surface area contributed by atoms with Crippen molar-refractivity contribution in [2.45, 2.75) is 0 Å². The Morgan fingerprint density at radius 1 is 1.11 bits per heavy atom. The largest absolute Gasteiger partial charge is 0.478 e. The Morgan fingerprint density at radius 3 is 2.21 bits per heavy atom. The molecule has 0 atom stereocenters. The fourth-order valence-electron chi connectivity index (χ4n) is 1.91. The third kappa shape index (κ3) is 3.45. The molecule has 1 fully saturated rings. The highest BCUT2D eigenvalue weighted by atomic mass is 16.4. The zero-order valence-electron chi connectivity index (χ0n) is 10.8. The molecular weight excluding hydrogens is 246 g/mol. The maximum absolute atomic E-state index is 12.0. The lowest BCUT2D eigenvalue weighted by Gasteiger charge is -2.32. The predicted molar refractivity (Wildman–Crippen MR) is 71.5 cm³/mol. The summed E-state index contributed by atoms with van der Waals surface area (Å²) in [7, 11) is 2.03. The quantitative estimate of drug-likeness (QED) is 0.840. The van der Waals surface area contributed by atoms with Crippen molar-refractivity contribution in [3.63, 3.8) is 0 Å². The molecule has 1 aliphatic heterocycles. The minimum Gasteiger partial charge on any atom is -0.478 e. The first kappa shape index (κ1) is 13.4. The smallest absolute Gasteiger partial charge is 0.335 e. The molecule has 0 saturated carbocycles. The van der Waals surface area contributed by atoms with Crippen LogP contribution in [-0.4, -0.2) is 60.1 Å². The van der Waals surface area contributed by atoms with Crippen molar-refractivity contribution in [1.29, 1.82) is 0 Å². The number of carbonyl (C=O) groups is 2. The molecule has 0 spiro atoms. The number of rotatable bonds is 2. The number of piperazine rings is 1. The van der Waals surface area contributed by atoms with E-state index in [9.17, 15) is 9.59 Å². The summed E-state index contributed by atoms with van der Waals surface area (Å²) in [6, 6.07) is 6.00. The summed E-state index contributed by atoms with van der Waals surface area (Å²) < 4.78 is 0.